The van der Waals surface area contributed by atoms with Crippen LogP contribution in [0.3, 0.4) is 0 Å². The van der Waals surface area contributed by atoms with E-state index < -0.39 is 0 Å². The Hall–Kier alpha value is -1.55. The molecule has 0 aromatic heterocycles. The standard InChI is InChI=1S/C19H32N4/c1-16-9-11-23(12-10-16)15-18-8-6-7-17(13-18)14-20-19(21(2)3)22(4)5/h6-8,13,16H,9-12,14-15H2,1-5H3. The van der Waals surface area contributed by atoms with Crippen LogP contribution in [0.4, 0.5) is 0 Å². The molecule has 23 heavy (non-hydrogen) atoms. The number of likely N-dealkylation sites (tertiary alicyclic amines) is 1. The average molecular weight is 316 g/mol. The van der Waals surface area contributed by atoms with Gasteiger partial charge in [-0.2, -0.15) is 0 Å². The second kappa shape index (κ2) is 8.34. The van der Waals surface area contributed by atoms with E-state index in [0.717, 1.165) is 25.0 Å². The lowest BCUT2D eigenvalue weighted by Crippen LogP contribution is -2.35. The van der Waals surface area contributed by atoms with Crippen LogP contribution in [0.15, 0.2) is 29.3 Å². The van der Waals surface area contributed by atoms with Crippen molar-refractivity contribution in [1.29, 1.82) is 0 Å². The summed E-state index contributed by atoms with van der Waals surface area (Å²) in [5.41, 5.74) is 2.69. The van der Waals surface area contributed by atoms with Crippen LogP contribution in [-0.4, -0.2) is 61.9 Å². The fourth-order valence-corrected chi connectivity index (χ4v) is 3.15. The van der Waals surface area contributed by atoms with Crippen LogP contribution < -0.4 is 0 Å². The summed E-state index contributed by atoms with van der Waals surface area (Å²) in [6, 6.07) is 8.89. The Morgan fingerprint density at radius 2 is 1.70 bits per heavy atom. The third-order valence-electron chi connectivity index (χ3n) is 4.48. The van der Waals surface area contributed by atoms with Gasteiger partial charge in [0.15, 0.2) is 5.96 Å². The highest BCUT2D eigenvalue weighted by molar-refractivity contribution is 5.79. The zero-order chi connectivity index (χ0) is 16.8. The molecule has 1 fully saturated rings. The molecule has 1 aromatic rings. The minimum atomic E-state index is 0.733. The van der Waals surface area contributed by atoms with E-state index >= 15 is 0 Å². The van der Waals surface area contributed by atoms with Gasteiger partial charge >= 0.3 is 0 Å². The van der Waals surface area contributed by atoms with Gasteiger partial charge in [-0.3, -0.25) is 4.90 Å². The quantitative estimate of drug-likeness (QED) is 0.630. The van der Waals surface area contributed by atoms with E-state index in [0.29, 0.717) is 0 Å². The molecule has 0 N–H and O–H groups in total. The first-order valence-corrected chi connectivity index (χ1v) is 8.65. The van der Waals surface area contributed by atoms with E-state index in [2.05, 4.69) is 45.9 Å². The van der Waals surface area contributed by atoms with Gasteiger partial charge in [-0.15, -0.1) is 0 Å². The molecule has 0 atom stereocenters. The highest BCUT2D eigenvalue weighted by Crippen LogP contribution is 2.18. The molecule has 1 aliphatic rings. The number of rotatable bonds is 4. The van der Waals surface area contributed by atoms with Crippen LogP contribution in [0.25, 0.3) is 0 Å². The SMILES string of the molecule is CC1CCN(Cc2cccc(CN=C(N(C)C)N(C)C)c2)CC1. The molecule has 1 saturated heterocycles. The predicted molar refractivity (Wildman–Crippen MR) is 98.6 cm³/mol. The summed E-state index contributed by atoms with van der Waals surface area (Å²) < 4.78 is 0. The van der Waals surface area contributed by atoms with Crippen molar-refractivity contribution in [3.63, 3.8) is 0 Å². The molecular formula is C19H32N4. The second-order valence-electron chi connectivity index (χ2n) is 7.18. The molecule has 1 heterocycles. The van der Waals surface area contributed by atoms with E-state index in [1.165, 1.54) is 37.1 Å². The minimum Gasteiger partial charge on any atom is -0.349 e. The normalized spacial score (nSPS) is 16.2. The van der Waals surface area contributed by atoms with Crippen LogP contribution in [0.1, 0.15) is 30.9 Å². The highest BCUT2D eigenvalue weighted by Gasteiger charge is 2.15. The number of nitrogens with zero attached hydrogens (tertiary/aromatic N) is 4. The van der Waals surface area contributed by atoms with Crippen molar-refractivity contribution >= 4 is 5.96 Å². The average Bonchev–Trinajstić information content (AvgIpc) is 2.49. The van der Waals surface area contributed by atoms with Gasteiger partial charge in [0.05, 0.1) is 6.54 Å². The lowest BCUT2D eigenvalue weighted by atomic mass is 9.98. The van der Waals surface area contributed by atoms with E-state index in [1.54, 1.807) is 0 Å². The van der Waals surface area contributed by atoms with Crippen molar-refractivity contribution < 1.29 is 0 Å². The maximum absolute atomic E-state index is 4.75. The van der Waals surface area contributed by atoms with E-state index in [-0.39, 0.29) is 0 Å². The molecule has 0 aliphatic carbocycles. The lowest BCUT2D eigenvalue weighted by molar-refractivity contribution is 0.185. The molecule has 4 nitrogen and oxygen atoms in total. The van der Waals surface area contributed by atoms with Crippen molar-refractivity contribution in [2.24, 2.45) is 10.9 Å². The first kappa shape index (κ1) is 17.8. The van der Waals surface area contributed by atoms with E-state index in [9.17, 15) is 0 Å². The summed E-state index contributed by atoms with van der Waals surface area (Å²) in [6.07, 6.45) is 2.66. The van der Waals surface area contributed by atoms with E-state index in [1.807, 2.05) is 28.2 Å². The number of benzene rings is 1. The van der Waals surface area contributed by atoms with Gasteiger partial charge in [0.1, 0.15) is 0 Å². The van der Waals surface area contributed by atoms with E-state index in [4.69, 9.17) is 4.99 Å². The molecule has 4 heteroatoms. The number of hydrogen-bond acceptors (Lipinski definition) is 2. The summed E-state index contributed by atoms with van der Waals surface area (Å²) in [6.45, 7) is 6.63. The number of guanidine groups is 1. The molecule has 0 spiro atoms. The summed E-state index contributed by atoms with van der Waals surface area (Å²) in [7, 11) is 8.14. The van der Waals surface area contributed by atoms with Crippen molar-refractivity contribution in [1.82, 2.24) is 14.7 Å². The maximum atomic E-state index is 4.75. The largest absolute Gasteiger partial charge is 0.349 e. The van der Waals surface area contributed by atoms with Crippen LogP contribution in [0, 0.1) is 5.92 Å². The Morgan fingerprint density at radius 1 is 1.09 bits per heavy atom. The maximum Gasteiger partial charge on any atom is 0.195 e. The Balaban J connectivity index is 1.98. The zero-order valence-corrected chi connectivity index (χ0v) is 15.4. The predicted octanol–water partition coefficient (Wildman–Crippen LogP) is 2.90. The zero-order valence-electron chi connectivity index (χ0n) is 15.4. The van der Waals surface area contributed by atoms with Gasteiger partial charge in [-0.1, -0.05) is 31.2 Å². The lowest BCUT2D eigenvalue weighted by Gasteiger charge is -2.30. The van der Waals surface area contributed by atoms with Crippen molar-refractivity contribution in [3.05, 3.63) is 35.4 Å². The summed E-state index contributed by atoms with van der Waals surface area (Å²) in [5.74, 6) is 1.89. The summed E-state index contributed by atoms with van der Waals surface area (Å²) in [4.78, 5) is 11.4. The Morgan fingerprint density at radius 3 is 2.30 bits per heavy atom. The molecule has 2 rings (SSSR count). The molecule has 0 unspecified atom stereocenters. The van der Waals surface area contributed by atoms with Gasteiger partial charge in [0.2, 0.25) is 0 Å². The molecule has 0 bridgehead atoms. The fourth-order valence-electron chi connectivity index (χ4n) is 3.15. The first-order valence-electron chi connectivity index (χ1n) is 8.65. The number of piperidine rings is 1. The van der Waals surface area contributed by atoms with Gasteiger partial charge < -0.3 is 9.80 Å². The first-order chi connectivity index (χ1) is 11.0. The third-order valence-corrected chi connectivity index (χ3v) is 4.48. The molecule has 1 aromatic carbocycles. The van der Waals surface area contributed by atoms with Crippen LogP contribution in [0.2, 0.25) is 0 Å². The van der Waals surface area contributed by atoms with Crippen molar-refractivity contribution in [2.75, 3.05) is 41.3 Å². The second-order valence-corrected chi connectivity index (χ2v) is 7.18. The number of aliphatic imine (C=N–C) groups is 1. The molecule has 128 valence electrons. The van der Waals surface area contributed by atoms with Crippen LogP contribution >= 0.6 is 0 Å². The van der Waals surface area contributed by atoms with Gasteiger partial charge in [0.25, 0.3) is 0 Å². The molecule has 0 radical (unpaired) electrons. The molecular weight excluding hydrogens is 284 g/mol. The van der Waals surface area contributed by atoms with Gasteiger partial charge in [0, 0.05) is 34.7 Å². The summed E-state index contributed by atoms with van der Waals surface area (Å²) in [5, 5.41) is 0. The Kier molecular flexibility index (Phi) is 6.46. The summed E-state index contributed by atoms with van der Waals surface area (Å²) >= 11 is 0. The van der Waals surface area contributed by atoms with Gasteiger partial charge in [-0.25, -0.2) is 4.99 Å². The van der Waals surface area contributed by atoms with Crippen molar-refractivity contribution in [3.8, 4) is 0 Å². The molecule has 1 aliphatic heterocycles. The van der Waals surface area contributed by atoms with Crippen LogP contribution in [-0.2, 0) is 13.1 Å². The highest BCUT2D eigenvalue weighted by atomic mass is 15.3. The van der Waals surface area contributed by atoms with Gasteiger partial charge in [-0.05, 0) is 43.0 Å². The topological polar surface area (TPSA) is 22.1 Å². The number of hydrogen-bond donors (Lipinski definition) is 0. The molecule has 0 amide bonds. The van der Waals surface area contributed by atoms with Crippen LogP contribution in [0.5, 0.6) is 0 Å². The minimum absolute atomic E-state index is 0.733. The molecule has 0 saturated carbocycles. The fraction of sp³-hybridized carbons (Fsp3) is 0.632. The monoisotopic (exact) mass is 316 g/mol. The Labute approximate surface area is 141 Å². The third kappa shape index (κ3) is 5.54. The Bertz CT molecular complexity index is 504. The van der Waals surface area contributed by atoms with Crippen molar-refractivity contribution in [2.45, 2.75) is 32.9 Å². The smallest absolute Gasteiger partial charge is 0.195 e.